The number of sulfonamides is 1. The van der Waals surface area contributed by atoms with Gasteiger partial charge in [-0.2, -0.15) is 4.72 Å². The molecular weight excluding hydrogens is 330 g/mol. The SMILES string of the molecule is CCNC(=O)CNC(=O)[C@H](C)NS(=O)(=O)c1cccc(Cl)c1. The highest BCUT2D eigenvalue weighted by atomic mass is 35.5. The van der Waals surface area contributed by atoms with Gasteiger partial charge in [-0.25, -0.2) is 8.42 Å². The summed E-state index contributed by atoms with van der Waals surface area (Å²) in [6.45, 7) is 3.37. The first-order chi connectivity index (χ1) is 10.3. The number of likely N-dealkylation sites (N-methyl/N-ethyl adjacent to an activating group) is 1. The van der Waals surface area contributed by atoms with Crippen molar-refractivity contribution in [3.05, 3.63) is 29.3 Å². The van der Waals surface area contributed by atoms with Crippen LogP contribution in [0.1, 0.15) is 13.8 Å². The van der Waals surface area contributed by atoms with E-state index in [4.69, 9.17) is 11.6 Å². The van der Waals surface area contributed by atoms with Crippen LogP contribution in [0, 0.1) is 0 Å². The van der Waals surface area contributed by atoms with Crippen molar-refractivity contribution >= 4 is 33.4 Å². The fraction of sp³-hybridized carbons (Fsp3) is 0.385. The van der Waals surface area contributed by atoms with Crippen molar-refractivity contribution < 1.29 is 18.0 Å². The lowest BCUT2D eigenvalue weighted by Crippen LogP contribution is -2.47. The minimum Gasteiger partial charge on any atom is -0.355 e. The van der Waals surface area contributed by atoms with Crippen LogP contribution in [-0.2, 0) is 19.6 Å². The Balaban J connectivity index is 2.65. The van der Waals surface area contributed by atoms with E-state index in [1.54, 1.807) is 13.0 Å². The minimum atomic E-state index is -3.87. The molecule has 0 spiro atoms. The molecule has 9 heteroatoms. The number of hydrogen-bond donors (Lipinski definition) is 3. The third-order valence-electron chi connectivity index (χ3n) is 2.63. The molecule has 22 heavy (non-hydrogen) atoms. The van der Waals surface area contributed by atoms with Gasteiger partial charge in [0.2, 0.25) is 21.8 Å². The Morgan fingerprint density at radius 3 is 2.55 bits per heavy atom. The maximum absolute atomic E-state index is 12.1. The molecule has 0 fully saturated rings. The molecular formula is C13H18ClN3O4S. The third-order valence-corrected chi connectivity index (χ3v) is 4.40. The zero-order chi connectivity index (χ0) is 16.8. The predicted molar refractivity (Wildman–Crippen MR) is 82.9 cm³/mol. The van der Waals surface area contributed by atoms with Gasteiger partial charge >= 0.3 is 0 Å². The van der Waals surface area contributed by atoms with Crippen LogP contribution in [0.25, 0.3) is 0 Å². The summed E-state index contributed by atoms with van der Waals surface area (Å²) in [5.41, 5.74) is 0. The van der Waals surface area contributed by atoms with Crippen molar-refractivity contribution in [2.24, 2.45) is 0 Å². The quantitative estimate of drug-likeness (QED) is 0.658. The van der Waals surface area contributed by atoms with Gasteiger partial charge in [0.15, 0.2) is 0 Å². The monoisotopic (exact) mass is 347 g/mol. The lowest BCUT2D eigenvalue weighted by Gasteiger charge is -2.14. The zero-order valence-corrected chi connectivity index (χ0v) is 13.8. The normalized spacial score (nSPS) is 12.5. The highest BCUT2D eigenvalue weighted by Gasteiger charge is 2.22. The van der Waals surface area contributed by atoms with Gasteiger partial charge < -0.3 is 10.6 Å². The predicted octanol–water partition coefficient (Wildman–Crippen LogP) is 0.259. The van der Waals surface area contributed by atoms with Gasteiger partial charge in [-0.1, -0.05) is 17.7 Å². The highest BCUT2D eigenvalue weighted by Crippen LogP contribution is 2.15. The first-order valence-electron chi connectivity index (χ1n) is 6.58. The fourth-order valence-corrected chi connectivity index (χ4v) is 3.07. The average molecular weight is 348 g/mol. The van der Waals surface area contributed by atoms with E-state index >= 15 is 0 Å². The molecule has 0 aromatic heterocycles. The summed E-state index contributed by atoms with van der Waals surface area (Å²) in [7, 11) is -3.87. The second kappa shape index (κ2) is 8.11. The molecule has 0 aliphatic carbocycles. The Morgan fingerprint density at radius 1 is 1.27 bits per heavy atom. The molecule has 0 aliphatic rings. The lowest BCUT2D eigenvalue weighted by atomic mass is 10.3. The van der Waals surface area contributed by atoms with E-state index in [-0.39, 0.29) is 22.4 Å². The lowest BCUT2D eigenvalue weighted by molar-refractivity contribution is -0.126. The molecule has 0 aliphatic heterocycles. The first-order valence-corrected chi connectivity index (χ1v) is 8.44. The second-order valence-electron chi connectivity index (χ2n) is 4.47. The molecule has 0 heterocycles. The molecule has 0 bridgehead atoms. The molecule has 2 amide bonds. The van der Waals surface area contributed by atoms with Crippen molar-refractivity contribution in [3.8, 4) is 0 Å². The van der Waals surface area contributed by atoms with Crippen molar-refractivity contribution in [2.45, 2.75) is 24.8 Å². The summed E-state index contributed by atoms with van der Waals surface area (Å²) in [6, 6.07) is 4.66. The summed E-state index contributed by atoms with van der Waals surface area (Å²) in [5.74, 6) is -0.947. The Morgan fingerprint density at radius 2 is 1.95 bits per heavy atom. The first kappa shape index (κ1) is 18.4. The van der Waals surface area contributed by atoms with Crippen molar-refractivity contribution in [1.29, 1.82) is 0 Å². The van der Waals surface area contributed by atoms with E-state index in [9.17, 15) is 18.0 Å². The smallest absolute Gasteiger partial charge is 0.241 e. The number of nitrogens with one attached hydrogen (secondary N) is 3. The molecule has 1 aromatic carbocycles. The van der Waals surface area contributed by atoms with Crippen LogP contribution in [0.4, 0.5) is 0 Å². The van der Waals surface area contributed by atoms with Crippen LogP contribution in [0.3, 0.4) is 0 Å². The number of rotatable bonds is 7. The van der Waals surface area contributed by atoms with E-state index in [0.29, 0.717) is 6.54 Å². The molecule has 122 valence electrons. The Hall–Kier alpha value is -1.64. The molecule has 0 radical (unpaired) electrons. The van der Waals surface area contributed by atoms with Gasteiger partial charge in [-0.3, -0.25) is 9.59 Å². The van der Waals surface area contributed by atoms with Crippen LogP contribution < -0.4 is 15.4 Å². The molecule has 0 saturated heterocycles. The van der Waals surface area contributed by atoms with Crippen molar-refractivity contribution in [2.75, 3.05) is 13.1 Å². The maximum atomic E-state index is 12.1. The van der Waals surface area contributed by atoms with E-state index in [2.05, 4.69) is 15.4 Å². The molecule has 0 unspecified atom stereocenters. The average Bonchev–Trinajstić information content (AvgIpc) is 2.44. The maximum Gasteiger partial charge on any atom is 0.241 e. The van der Waals surface area contributed by atoms with Gasteiger partial charge in [-0.05, 0) is 32.0 Å². The Kier molecular flexibility index (Phi) is 6.79. The number of amides is 2. The molecule has 1 rings (SSSR count). The van der Waals surface area contributed by atoms with E-state index in [0.717, 1.165) is 0 Å². The summed E-state index contributed by atoms with van der Waals surface area (Å²) in [4.78, 5) is 23.0. The van der Waals surface area contributed by atoms with Gasteiger partial charge in [0.1, 0.15) is 0 Å². The summed E-state index contributed by atoms with van der Waals surface area (Å²) < 4.78 is 26.4. The third kappa shape index (κ3) is 5.63. The van der Waals surface area contributed by atoms with Crippen LogP contribution >= 0.6 is 11.6 Å². The summed E-state index contributed by atoms with van der Waals surface area (Å²) >= 11 is 5.75. The van der Waals surface area contributed by atoms with Crippen LogP contribution in [-0.4, -0.2) is 39.4 Å². The largest absolute Gasteiger partial charge is 0.355 e. The van der Waals surface area contributed by atoms with Gasteiger partial charge in [0.05, 0.1) is 17.5 Å². The molecule has 3 N–H and O–H groups in total. The molecule has 0 saturated carbocycles. The summed E-state index contributed by atoms with van der Waals surface area (Å²) in [6.07, 6.45) is 0. The standard InChI is InChI=1S/C13H18ClN3O4S/c1-3-15-12(18)8-16-13(19)9(2)17-22(20,21)11-6-4-5-10(14)7-11/h4-7,9,17H,3,8H2,1-2H3,(H,15,18)(H,16,19)/t9-/m0/s1. The van der Waals surface area contributed by atoms with Crippen LogP contribution in [0.2, 0.25) is 5.02 Å². The highest BCUT2D eigenvalue weighted by molar-refractivity contribution is 7.89. The number of benzene rings is 1. The zero-order valence-electron chi connectivity index (χ0n) is 12.2. The number of carbonyl (C=O) groups excluding carboxylic acids is 2. The molecule has 1 aromatic rings. The van der Waals surface area contributed by atoms with E-state index < -0.39 is 22.0 Å². The van der Waals surface area contributed by atoms with Crippen molar-refractivity contribution in [3.63, 3.8) is 0 Å². The van der Waals surface area contributed by atoms with Gasteiger partial charge in [0, 0.05) is 11.6 Å². The fourth-order valence-electron chi connectivity index (χ4n) is 1.57. The Labute approximate surface area is 134 Å². The molecule has 7 nitrogen and oxygen atoms in total. The molecule has 1 atom stereocenters. The van der Waals surface area contributed by atoms with Gasteiger partial charge in [0.25, 0.3) is 0 Å². The topological polar surface area (TPSA) is 104 Å². The number of carbonyl (C=O) groups is 2. The summed E-state index contributed by atoms with van der Waals surface area (Å²) in [5, 5.41) is 5.14. The second-order valence-corrected chi connectivity index (χ2v) is 6.62. The van der Waals surface area contributed by atoms with Crippen LogP contribution in [0.15, 0.2) is 29.2 Å². The number of hydrogen-bond acceptors (Lipinski definition) is 4. The number of halogens is 1. The van der Waals surface area contributed by atoms with Gasteiger partial charge in [-0.15, -0.1) is 0 Å². The Bertz CT molecular complexity index is 648. The van der Waals surface area contributed by atoms with E-state index in [1.807, 2.05) is 0 Å². The minimum absolute atomic E-state index is 0.0385. The van der Waals surface area contributed by atoms with E-state index in [1.165, 1.54) is 25.1 Å². The van der Waals surface area contributed by atoms with Crippen molar-refractivity contribution in [1.82, 2.24) is 15.4 Å². The van der Waals surface area contributed by atoms with Crippen LogP contribution in [0.5, 0.6) is 0 Å².